The molecule has 0 amide bonds. The average molecular weight is 407 g/mol. The molecule has 2 aromatic rings. The predicted molar refractivity (Wildman–Crippen MR) is 108 cm³/mol. The van der Waals surface area contributed by atoms with E-state index in [0.717, 1.165) is 0 Å². The van der Waals surface area contributed by atoms with Crippen molar-refractivity contribution < 1.29 is 29.3 Å². The minimum Gasteiger partial charge on any atom is -0.504 e. The summed E-state index contributed by atoms with van der Waals surface area (Å²) >= 11 is 0. The molecule has 0 aromatic heterocycles. The van der Waals surface area contributed by atoms with E-state index in [1.807, 2.05) is 0 Å². The van der Waals surface area contributed by atoms with Crippen molar-refractivity contribution in [3.05, 3.63) is 59.7 Å². The van der Waals surface area contributed by atoms with Gasteiger partial charge in [0.05, 0.1) is 20.6 Å². The summed E-state index contributed by atoms with van der Waals surface area (Å²) in [5.41, 5.74) is 1.33. The van der Waals surface area contributed by atoms with Gasteiger partial charge in [0.2, 0.25) is 0 Å². The Hall–Kier alpha value is -1.90. The van der Waals surface area contributed by atoms with Crippen molar-refractivity contribution in [1.82, 2.24) is 0 Å². The van der Waals surface area contributed by atoms with Crippen LogP contribution in [0.2, 0.25) is 0 Å². The monoisotopic (exact) mass is 407 g/mol. The summed E-state index contributed by atoms with van der Waals surface area (Å²) in [4.78, 5) is 23.9. The number of ketones is 2. The molecule has 0 aliphatic carbocycles. The number of hydrogen-bond acceptors (Lipinski definition) is 6. The molecule has 0 fully saturated rings. The Morgan fingerprint density at radius 1 is 0.821 bits per heavy atom. The number of carbonyl (C=O) groups is 2. The molecule has 28 heavy (non-hydrogen) atoms. The molecule has 0 spiro atoms. The summed E-state index contributed by atoms with van der Waals surface area (Å²) in [6.07, 6.45) is 5.44. The van der Waals surface area contributed by atoms with E-state index in [1.165, 1.54) is 38.5 Å². The standard InChI is InChI=1S/C21H20O6.K/c1-26-20-11-14(5-9-18(20)24)3-7-16(22)13-17(23)8-4-15-6-10-19(25)21(12-15)27-2;/h3-12,24-25H,13H2,1-2H3;. The number of rotatable bonds is 8. The van der Waals surface area contributed by atoms with Gasteiger partial charge < -0.3 is 19.7 Å². The Bertz CT molecular complexity index is 828. The van der Waals surface area contributed by atoms with Gasteiger partial charge >= 0.3 is 0 Å². The fraction of sp³-hybridized carbons (Fsp3) is 0.143. The molecule has 0 saturated heterocycles. The summed E-state index contributed by atoms with van der Waals surface area (Å²) < 4.78 is 10.00. The fourth-order valence-corrected chi connectivity index (χ4v) is 2.26. The number of ether oxygens (including phenoxy) is 2. The number of allylic oxidation sites excluding steroid dienone is 2. The molecule has 7 heteroatoms. The van der Waals surface area contributed by atoms with Gasteiger partial charge in [0.1, 0.15) is 0 Å². The van der Waals surface area contributed by atoms with Gasteiger partial charge in [0, 0.05) is 51.4 Å². The maximum atomic E-state index is 11.9. The maximum Gasteiger partial charge on any atom is 0.163 e. The number of phenols is 2. The molecule has 141 valence electrons. The Balaban J connectivity index is 0.00000392. The molecule has 0 saturated carbocycles. The molecular formula is C21H20KO6. The first kappa shape index (κ1) is 24.1. The van der Waals surface area contributed by atoms with Gasteiger partial charge in [-0.1, -0.05) is 24.3 Å². The van der Waals surface area contributed by atoms with Crippen LogP contribution in [0.25, 0.3) is 12.2 Å². The van der Waals surface area contributed by atoms with Crippen molar-refractivity contribution in [3.63, 3.8) is 0 Å². The second-order valence-electron chi connectivity index (χ2n) is 5.64. The van der Waals surface area contributed by atoms with Crippen LogP contribution >= 0.6 is 0 Å². The van der Waals surface area contributed by atoms with Crippen molar-refractivity contribution in [2.24, 2.45) is 0 Å². The van der Waals surface area contributed by atoms with E-state index >= 15 is 0 Å². The van der Waals surface area contributed by atoms with Crippen LogP contribution in [0.3, 0.4) is 0 Å². The van der Waals surface area contributed by atoms with E-state index in [4.69, 9.17) is 9.47 Å². The third-order valence-electron chi connectivity index (χ3n) is 3.68. The zero-order valence-electron chi connectivity index (χ0n) is 16.0. The number of benzene rings is 2. The third kappa shape index (κ3) is 7.25. The zero-order chi connectivity index (χ0) is 19.8. The van der Waals surface area contributed by atoms with Gasteiger partial charge in [0.15, 0.2) is 34.6 Å². The maximum absolute atomic E-state index is 11.9. The van der Waals surface area contributed by atoms with Crippen molar-refractivity contribution in [3.8, 4) is 23.0 Å². The third-order valence-corrected chi connectivity index (χ3v) is 3.68. The van der Waals surface area contributed by atoms with E-state index in [2.05, 4.69) is 0 Å². The van der Waals surface area contributed by atoms with Crippen LogP contribution in [0.4, 0.5) is 0 Å². The van der Waals surface area contributed by atoms with Gasteiger partial charge in [0.25, 0.3) is 0 Å². The Labute approximate surface area is 205 Å². The van der Waals surface area contributed by atoms with Crippen molar-refractivity contribution in [2.75, 3.05) is 14.2 Å². The summed E-state index contributed by atoms with van der Waals surface area (Å²) in [6, 6.07) is 9.34. The van der Waals surface area contributed by atoms with Gasteiger partial charge in [-0.05, 0) is 47.5 Å². The molecule has 2 rings (SSSR count). The van der Waals surface area contributed by atoms with Crippen LogP contribution in [0, 0.1) is 0 Å². The average Bonchev–Trinajstić information content (AvgIpc) is 2.66. The molecule has 6 nitrogen and oxygen atoms in total. The first-order valence-electron chi connectivity index (χ1n) is 8.08. The summed E-state index contributed by atoms with van der Waals surface area (Å²) in [6.45, 7) is 0. The zero-order valence-corrected chi connectivity index (χ0v) is 19.1. The first-order chi connectivity index (χ1) is 12.9. The Kier molecular flexibility index (Phi) is 10.2. The van der Waals surface area contributed by atoms with Gasteiger partial charge in [-0.15, -0.1) is 0 Å². The molecule has 0 aliphatic rings. The first-order valence-corrected chi connectivity index (χ1v) is 8.08. The Morgan fingerprint density at radius 3 is 1.57 bits per heavy atom. The van der Waals surface area contributed by atoms with Crippen LogP contribution in [0.15, 0.2) is 48.6 Å². The van der Waals surface area contributed by atoms with E-state index in [-0.39, 0.29) is 80.9 Å². The van der Waals surface area contributed by atoms with E-state index < -0.39 is 0 Å². The molecule has 0 unspecified atom stereocenters. The molecule has 0 heterocycles. The summed E-state index contributed by atoms with van der Waals surface area (Å²) in [7, 11) is 2.87. The number of methoxy groups -OCH3 is 2. The van der Waals surface area contributed by atoms with Crippen LogP contribution < -0.4 is 9.47 Å². The molecule has 0 bridgehead atoms. The van der Waals surface area contributed by atoms with Crippen LogP contribution in [0.5, 0.6) is 23.0 Å². The second-order valence-corrected chi connectivity index (χ2v) is 5.64. The van der Waals surface area contributed by atoms with Crippen molar-refractivity contribution in [1.29, 1.82) is 0 Å². The van der Waals surface area contributed by atoms with Gasteiger partial charge in [-0.3, -0.25) is 9.59 Å². The quantitative estimate of drug-likeness (QED) is 0.397. The number of carbonyl (C=O) groups excluding carboxylic acids is 2. The second kappa shape index (κ2) is 11.8. The number of phenolic OH excluding ortho intramolecular Hbond substituents is 2. The minimum absolute atomic E-state index is 0. The van der Waals surface area contributed by atoms with Crippen LogP contribution in [-0.4, -0.2) is 87.4 Å². The number of hydrogen-bond donors (Lipinski definition) is 2. The molecular weight excluding hydrogens is 387 g/mol. The Morgan fingerprint density at radius 2 is 1.21 bits per heavy atom. The molecule has 0 atom stereocenters. The largest absolute Gasteiger partial charge is 0.504 e. The van der Waals surface area contributed by atoms with E-state index in [0.29, 0.717) is 22.6 Å². The van der Waals surface area contributed by atoms with Crippen LogP contribution in [-0.2, 0) is 9.59 Å². The summed E-state index contributed by atoms with van der Waals surface area (Å²) in [5.74, 6) is -0.0832. The molecule has 1 radical (unpaired) electrons. The van der Waals surface area contributed by atoms with Crippen molar-refractivity contribution in [2.45, 2.75) is 6.42 Å². The van der Waals surface area contributed by atoms with E-state index in [1.54, 1.807) is 36.4 Å². The number of aromatic hydroxyl groups is 2. The summed E-state index contributed by atoms with van der Waals surface area (Å²) in [5, 5.41) is 19.1. The molecule has 2 N–H and O–H groups in total. The van der Waals surface area contributed by atoms with Gasteiger partial charge in [-0.2, -0.15) is 0 Å². The van der Waals surface area contributed by atoms with E-state index in [9.17, 15) is 19.8 Å². The normalized spacial score (nSPS) is 10.6. The predicted octanol–water partition coefficient (Wildman–Crippen LogP) is 2.99. The fourth-order valence-electron chi connectivity index (χ4n) is 2.26. The smallest absolute Gasteiger partial charge is 0.163 e. The molecule has 2 aromatic carbocycles. The SMILES string of the molecule is COc1cc(C=CC(=O)CC(=O)C=Cc2ccc(O)c(OC)c2)ccc1O.[K]. The molecule has 0 aliphatic heterocycles. The minimum atomic E-state index is -0.347. The van der Waals surface area contributed by atoms with Crippen LogP contribution in [0.1, 0.15) is 17.5 Å². The van der Waals surface area contributed by atoms with Crippen molar-refractivity contribution >= 4 is 75.1 Å². The van der Waals surface area contributed by atoms with Gasteiger partial charge in [-0.25, -0.2) is 0 Å². The topological polar surface area (TPSA) is 93.1 Å².